The van der Waals surface area contributed by atoms with Gasteiger partial charge in [-0.25, -0.2) is 0 Å². The van der Waals surface area contributed by atoms with E-state index in [1.807, 2.05) is 48.2 Å². The number of aliphatic hydroxyl groups excluding tert-OH is 2. The molecule has 2 heterocycles. The second kappa shape index (κ2) is 8.06. The van der Waals surface area contributed by atoms with Gasteiger partial charge in [0.15, 0.2) is 5.11 Å². The number of thiocarbonyl (C=S) groups is 1. The van der Waals surface area contributed by atoms with Gasteiger partial charge in [0, 0.05) is 24.6 Å². The number of amides is 1. The van der Waals surface area contributed by atoms with E-state index in [4.69, 9.17) is 12.2 Å². The molecule has 7 nitrogen and oxygen atoms in total. The molecule has 1 amide bonds. The molecule has 4 rings (SSSR count). The molecule has 1 aromatic heterocycles. The first-order valence-corrected chi connectivity index (χ1v) is 10.1. The summed E-state index contributed by atoms with van der Waals surface area (Å²) in [6.45, 7) is 2.35. The summed E-state index contributed by atoms with van der Waals surface area (Å²) in [7, 11) is 0. The highest BCUT2D eigenvalue weighted by molar-refractivity contribution is 7.80. The standard InChI is InChI=1S/C21H24N4O3S/c1-12-4-6-14(7-5-12)25-18-15(9-16(26)19(27)17(18)24-21(25)29)20(28)23-11-13-3-2-8-22-10-13/h2-8,10,15-19,26-27H,9,11H2,1H3,(H,23,28)(H,24,29). The number of carbonyl (C=O) groups is 1. The van der Waals surface area contributed by atoms with Gasteiger partial charge in [-0.3, -0.25) is 9.78 Å². The van der Waals surface area contributed by atoms with Crippen LogP contribution in [0.15, 0.2) is 48.8 Å². The van der Waals surface area contributed by atoms with Gasteiger partial charge < -0.3 is 25.7 Å². The van der Waals surface area contributed by atoms with Crippen LogP contribution in [0.4, 0.5) is 5.69 Å². The van der Waals surface area contributed by atoms with E-state index in [1.54, 1.807) is 12.4 Å². The normalized spacial score (nSPS) is 28.6. The fraction of sp³-hybridized carbons (Fsp3) is 0.381. The number of rotatable bonds is 4. The van der Waals surface area contributed by atoms with Crippen molar-refractivity contribution < 1.29 is 15.0 Å². The van der Waals surface area contributed by atoms with E-state index in [9.17, 15) is 15.0 Å². The molecular weight excluding hydrogens is 388 g/mol. The molecule has 1 saturated carbocycles. The van der Waals surface area contributed by atoms with Gasteiger partial charge in [0.1, 0.15) is 6.10 Å². The van der Waals surface area contributed by atoms with Gasteiger partial charge in [-0.1, -0.05) is 23.8 Å². The third-order valence-corrected chi connectivity index (χ3v) is 6.00. The van der Waals surface area contributed by atoms with Crippen LogP contribution in [0.5, 0.6) is 0 Å². The highest BCUT2D eigenvalue weighted by Gasteiger charge is 2.53. The van der Waals surface area contributed by atoms with Crippen LogP contribution >= 0.6 is 12.2 Å². The molecule has 5 unspecified atom stereocenters. The third kappa shape index (κ3) is 3.83. The van der Waals surface area contributed by atoms with E-state index in [-0.39, 0.29) is 12.3 Å². The number of pyridine rings is 1. The number of fused-ring (bicyclic) bond motifs is 1. The molecule has 1 aliphatic heterocycles. The zero-order valence-corrected chi connectivity index (χ0v) is 16.8. The number of aliphatic hydroxyl groups is 2. The van der Waals surface area contributed by atoms with Crippen molar-refractivity contribution in [3.8, 4) is 0 Å². The minimum absolute atomic E-state index is 0.161. The molecule has 8 heteroatoms. The van der Waals surface area contributed by atoms with E-state index in [0.29, 0.717) is 11.7 Å². The van der Waals surface area contributed by atoms with Crippen molar-refractivity contribution in [1.29, 1.82) is 0 Å². The van der Waals surface area contributed by atoms with Gasteiger partial charge >= 0.3 is 0 Å². The molecule has 2 aromatic rings. The summed E-state index contributed by atoms with van der Waals surface area (Å²) >= 11 is 5.52. The molecule has 1 aliphatic carbocycles. The quantitative estimate of drug-likeness (QED) is 0.554. The van der Waals surface area contributed by atoms with Crippen molar-refractivity contribution >= 4 is 28.9 Å². The molecular formula is C21H24N4O3S. The lowest BCUT2D eigenvalue weighted by Gasteiger charge is -2.41. The summed E-state index contributed by atoms with van der Waals surface area (Å²) < 4.78 is 0. The first-order chi connectivity index (χ1) is 14.0. The lowest BCUT2D eigenvalue weighted by molar-refractivity contribution is -0.131. The summed E-state index contributed by atoms with van der Waals surface area (Å²) in [5, 5.41) is 27.4. The van der Waals surface area contributed by atoms with Crippen molar-refractivity contribution in [2.24, 2.45) is 5.92 Å². The Hall–Kier alpha value is -2.55. The Kier molecular flexibility index (Phi) is 5.49. The van der Waals surface area contributed by atoms with Crippen LogP contribution in [-0.4, -0.2) is 50.5 Å². The largest absolute Gasteiger partial charge is 0.390 e. The molecule has 1 saturated heterocycles. The number of aromatic nitrogens is 1. The summed E-state index contributed by atoms with van der Waals surface area (Å²) in [4.78, 5) is 19.0. The Bertz CT molecular complexity index is 893. The van der Waals surface area contributed by atoms with E-state index in [0.717, 1.165) is 16.8 Å². The Morgan fingerprint density at radius 3 is 2.76 bits per heavy atom. The van der Waals surface area contributed by atoms with E-state index in [1.165, 1.54) is 0 Å². The molecule has 2 aliphatic rings. The number of carbonyl (C=O) groups excluding carboxylic acids is 1. The lowest BCUT2D eigenvalue weighted by atomic mass is 9.77. The second-order valence-electron chi connectivity index (χ2n) is 7.65. The molecule has 152 valence electrons. The van der Waals surface area contributed by atoms with Crippen LogP contribution in [0.3, 0.4) is 0 Å². The summed E-state index contributed by atoms with van der Waals surface area (Å²) in [5.41, 5.74) is 2.87. The zero-order valence-electron chi connectivity index (χ0n) is 16.0. The highest BCUT2D eigenvalue weighted by Crippen LogP contribution is 2.36. The zero-order chi connectivity index (χ0) is 20.5. The van der Waals surface area contributed by atoms with Crippen LogP contribution in [0.1, 0.15) is 17.5 Å². The summed E-state index contributed by atoms with van der Waals surface area (Å²) in [6.07, 6.45) is 1.54. The number of benzene rings is 1. The minimum atomic E-state index is -1.00. The van der Waals surface area contributed by atoms with Crippen molar-refractivity contribution in [2.75, 3.05) is 4.90 Å². The molecule has 4 N–H and O–H groups in total. The molecule has 5 atom stereocenters. The average Bonchev–Trinajstić information content (AvgIpc) is 3.07. The smallest absolute Gasteiger partial charge is 0.225 e. The fourth-order valence-corrected chi connectivity index (χ4v) is 4.53. The predicted molar refractivity (Wildman–Crippen MR) is 113 cm³/mol. The van der Waals surface area contributed by atoms with Crippen molar-refractivity contribution in [3.05, 3.63) is 59.9 Å². The Labute approximate surface area is 174 Å². The van der Waals surface area contributed by atoms with Crippen LogP contribution in [-0.2, 0) is 11.3 Å². The maximum Gasteiger partial charge on any atom is 0.225 e. The fourth-order valence-electron chi connectivity index (χ4n) is 4.17. The molecule has 0 radical (unpaired) electrons. The van der Waals surface area contributed by atoms with Gasteiger partial charge in [0.25, 0.3) is 0 Å². The number of nitrogens with one attached hydrogen (secondary N) is 2. The maximum atomic E-state index is 13.1. The molecule has 1 aromatic carbocycles. The van der Waals surface area contributed by atoms with E-state index < -0.39 is 30.2 Å². The first-order valence-electron chi connectivity index (χ1n) is 9.65. The Balaban J connectivity index is 1.60. The van der Waals surface area contributed by atoms with Crippen molar-refractivity contribution in [1.82, 2.24) is 15.6 Å². The van der Waals surface area contributed by atoms with Crippen LogP contribution < -0.4 is 15.5 Å². The van der Waals surface area contributed by atoms with Gasteiger partial charge in [0.05, 0.1) is 24.1 Å². The number of hydrogen-bond donors (Lipinski definition) is 4. The van der Waals surface area contributed by atoms with E-state index >= 15 is 0 Å². The Morgan fingerprint density at radius 1 is 1.31 bits per heavy atom. The molecule has 2 fully saturated rings. The topological polar surface area (TPSA) is 97.7 Å². The summed E-state index contributed by atoms with van der Waals surface area (Å²) in [6, 6.07) is 10.7. The van der Waals surface area contributed by atoms with Crippen molar-refractivity contribution in [2.45, 2.75) is 44.2 Å². The second-order valence-corrected chi connectivity index (χ2v) is 8.04. The SMILES string of the molecule is Cc1ccc(N2C(=S)NC3C(O)C(O)CC(C(=O)NCc4cccnc4)C32)cc1. The maximum absolute atomic E-state index is 13.1. The van der Waals surface area contributed by atoms with Gasteiger partial charge in [-0.05, 0) is 49.3 Å². The van der Waals surface area contributed by atoms with Gasteiger partial charge in [0.2, 0.25) is 5.91 Å². The Morgan fingerprint density at radius 2 is 2.07 bits per heavy atom. The predicted octanol–water partition coefficient (Wildman–Crippen LogP) is 0.880. The number of nitrogens with zero attached hydrogens (tertiary/aromatic N) is 2. The van der Waals surface area contributed by atoms with Crippen molar-refractivity contribution in [3.63, 3.8) is 0 Å². The average molecular weight is 413 g/mol. The van der Waals surface area contributed by atoms with Crippen LogP contribution in [0, 0.1) is 12.8 Å². The summed E-state index contributed by atoms with van der Waals surface area (Å²) in [5.74, 6) is -0.720. The van der Waals surface area contributed by atoms with Crippen LogP contribution in [0.2, 0.25) is 0 Å². The monoisotopic (exact) mass is 412 g/mol. The highest BCUT2D eigenvalue weighted by atomic mass is 32.1. The number of hydrogen-bond acceptors (Lipinski definition) is 5. The van der Waals surface area contributed by atoms with E-state index in [2.05, 4.69) is 15.6 Å². The molecule has 0 bridgehead atoms. The number of anilines is 1. The van der Waals surface area contributed by atoms with Gasteiger partial charge in [-0.15, -0.1) is 0 Å². The number of aryl methyl sites for hydroxylation is 1. The third-order valence-electron chi connectivity index (χ3n) is 5.68. The molecule has 29 heavy (non-hydrogen) atoms. The van der Waals surface area contributed by atoms with Crippen LogP contribution in [0.25, 0.3) is 0 Å². The lowest BCUT2D eigenvalue weighted by Crippen LogP contribution is -2.60. The van der Waals surface area contributed by atoms with Gasteiger partial charge in [-0.2, -0.15) is 0 Å². The first kappa shape index (κ1) is 19.8. The minimum Gasteiger partial charge on any atom is -0.390 e. The molecule has 0 spiro atoms.